The van der Waals surface area contributed by atoms with Gasteiger partial charge in [0.2, 0.25) is 0 Å². The first-order valence-electron chi connectivity index (χ1n) is 11.1. The number of carbonyl (C=O) groups excluding carboxylic acids is 1. The van der Waals surface area contributed by atoms with Crippen molar-refractivity contribution >= 4 is 17.0 Å². The van der Waals surface area contributed by atoms with Gasteiger partial charge in [0.25, 0.3) is 0 Å². The van der Waals surface area contributed by atoms with E-state index in [1.54, 1.807) is 11.8 Å². The van der Waals surface area contributed by atoms with E-state index in [0.717, 1.165) is 0 Å². The lowest BCUT2D eigenvalue weighted by Gasteiger charge is -2.37. The molecule has 182 valence electrons. The lowest BCUT2D eigenvalue weighted by Crippen LogP contribution is -2.49. The van der Waals surface area contributed by atoms with Crippen LogP contribution in [-0.2, 0) is 15.7 Å². The van der Waals surface area contributed by atoms with Gasteiger partial charge in [-0.1, -0.05) is 12.7 Å². The molecule has 2 fully saturated rings. The normalized spacial score (nSPS) is 24.9. The first-order valence-corrected chi connectivity index (χ1v) is 12.3. The zero-order chi connectivity index (χ0) is 24.0. The molecule has 32 heavy (non-hydrogen) atoms. The van der Waals surface area contributed by atoms with Crippen molar-refractivity contribution in [1.82, 2.24) is 19.8 Å². The summed E-state index contributed by atoms with van der Waals surface area (Å²) in [5.41, 5.74) is -0.299. The second-order valence-electron chi connectivity index (χ2n) is 8.60. The molecule has 0 aliphatic carbocycles. The molecule has 0 spiro atoms. The first-order chi connectivity index (χ1) is 15.0. The maximum atomic E-state index is 15.0. The third-order valence-corrected chi connectivity index (χ3v) is 6.89. The molecule has 3 atom stereocenters. The van der Waals surface area contributed by atoms with Crippen LogP contribution in [0.2, 0.25) is 0 Å². The Labute approximate surface area is 192 Å². The summed E-state index contributed by atoms with van der Waals surface area (Å²) in [4.78, 5) is 15.8. The smallest absolute Gasteiger partial charge is 0.321 e. The summed E-state index contributed by atoms with van der Waals surface area (Å²) in [6, 6.07) is -0.479. The third kappa shape index (κ3) is 7.11. The van der Waals surface area contributed by atoms with Crippen LogP contribution >= 0.6 is 0 Å². The van der Waals surface area contributed by atoms with Crippen LogP contribution in [0.4, 0.5) is 13.6 Å². The fourth-order valence-electron chi connectivity index (χ4n) is 3.83. The molecule has 1 unspecified atom stereocenters. The Morgan fingerprint density at radius 2 is 1.69 bits per heavy atom. The SMILES string of the molecule is C=C(NC(=O)N1CCC(NS(=O)C(C)C)CC1)/C(F)=C(F)\C(=C/C)N1C[C@@H](C)O[C@@H](C)C1. The van der Waals surface area contributed by atoms with E-state index in [4.69, 9.17) is 4.74 Å². The minimum Gasteiger partial charge on any atom is -0.372 e. The molecule has 0 aromatic rings. The topological polar surface area (TPSA) is 73.9 Å². The Bertz CT molecular complexity index is 769. The molecule has 2 rings (SSSR count). The molecule has 10 heteroatoms. The van der Waals surface area contributed by atoms with Gasteiger partial charge in [-0.25, -0.2) is 22.5 Å². The number of halogens is 2. The van der Waals surface area contributed by atoms with E-state index >= 15 is 0 Å². The van der Waals surface area contributed by atoms with Crippen LogP contribution in [0.5, 0.6) is 0 Å². The summed E-state index contributed by atoms with van der Waals surface area (Å²) in [6.45, 7) is 14.4. The number of hydrogen-bond acceptors (Lipinski definition) is 4. The molecule has 0 aromatic heterocycles. The van der Waals surface area contributed by atoms with Crippen molar-refractivity contribution < 1.29 is 22.5 Å². The standard InChI is InChI=1S/C22H36F2N4O3S/c1-7-19(28-12-15(4)31-16(5)13-28)21(24)20(23)17(6)25-22(29)27-10-8-18(9-11-27)26-32(30)14(2)3/h7,14-16,18,26H,6,8-13H2,1-5H3,(H,25,29)/b19-7+,21-20-/t15-,16+,32?. The van der Waals surface area contributed by atoms with Crippen LogP contribution in [-0.4, -0.2) is 69.7 Å². The molecule has 2 heterocycles. The van der Waals surface area contributed by atoms with E-state index in [1.165, 1.54) is 11.0 Å². The highest BCUT2D eigenvalue weighted by atomic mass is 32.2. The number of hydrogen-bond donors (Lipinski definition) is 2. The summed E-state index contributed by atoms with van der Waals surface area (Å²) in [5.74, 6) is -2.25. The van der Waals surface area contributed by atoms with Crippen molar-refractivity contribution in [3.05, 3.63) is 35.7 Å². The van der Waals surface area contributed by atoms with E-state index in [0.29, 0.717) is 39.0 Å². The summed E-state index contributed by atoms with van der Waals surface area (Å²) in [7, 11) is -1.12. The van der Waals surface area contributed by atoms with Crippen LogP contribution < -0.4 is 10.0 Å². The zero-order valence-corrected chi connectivity index (χ0v) is 20.4. The Balaban J connectivity index is 1.95. The van der Waals surface area contributed by atoms with E-state index in [1.807, 2.05) is 27.7 Å². The van der Waals surface area contributed by atoms with Crippen molar-refractivity contribution in [3.8, 4) is 0 Å². The molecular weight excluding hydrogens is 438 g/mol. The quantitative estimate of drug-likeness (QED) is 0.554. The first kappa shape index (κ1) is 26.5. The Morgan fingerprint density at radius 1 is 1.12 bits per heavy atom. The van der Waals surface area contributed by atoms with Gasteiger partial charge in [-0.3, -0.25) is 0 Å². The maximum absolute atomic E-state index is 15.0. The average molecular weight is 475 g/mol. The molecule has 2 N–H and O–H groups in total. The van der Waals surface area contributed by atoms with Gasteiger partial charge >= 0.3 is 6.03 Å². The van der Waals surface area contributed by atoms with Crippen LogP contribution in [0.15, 0.2) is 35.7 Å². The van der Waals surface area contributed by atoms with E-state index in [2.05, 4.69) is 16.6 Å². The number of urea groups is 1. The predicted octanol–water partition coefficient (Wildman–Crippen LogP) is 3.50. The van der Waals surface area contributed by atoms with E-state index < -0.39 is 34.4 Å². The molecular formula is C22H36F2N4O3S. The van der Waals surface area contributed by atoms with Crippen molar-refractivity contribution in [2.24, 2.45) is 0 Å². The van der Waals surface area contributed by atoms with Gasteiger partial charge < -0.3 is 19.9 Å². The van der Waals surface area contributed by atoms with Crippen LogP contribution in [0, 0.1) is 0 Å². The second-order valence-corrected chi connectivity index (χ2v) is 10.4. The van der Waals surface area contributed by atoms with Crippen molar-refractivity contribution in [2.45, 2.75) is 71.0 Å². The average Bonchev–Trinajstić information content (AvgIpc) is 2.73. The molecule has 2 saturated heterocycles. The zero-order valence-electron chi connectivity index (χ0n) is 19.6. The largest absolute Gasteiger partial charge is 0.372 e. The van der Waals surface area contributed by atoms with Gasteiger partial charge in [0.15, 0.2) is 11.7 Å². The number of nitrogens with one attached hydrogen (secondary N) is 2. The Kier molecular flexibility index (Phi) is 9.84. The molecule has 2 amide bonds. The Morgan fingerprint density at radius 3 is 2.19 bits per heavy atom. The summed E-state index contributed by atoms with van der Waals surface area (Å²) < 4.78 is 50.4. The summed E-state index contributed by atoms with van der Waals surface area (Å²) in [6.07, 6.45) is 2.54. The van der Waals surface area contributed by atoms with Crippen molar-refractivity contribution in [3.63, 3.8) is 0 Å². The Hall–Kier alpha value is -1.78. The number of nitrogens with zero attached hydrogens (tertiary/aromatic N) is 2. The van der Waals surface area contributed by atoms with E-state index in [-0.39, 0.29) is 29.2 Å². The van der Waals surface area contributed by atoms with Crippen LogP contribution in [0.1, 0.15) is 47.5 Å². The number of likely N-dealkylation sites (tertiary alicyclic amines) is 1. The van der Waals surface area contributed by atoms with Crippen LogP contribution in [0.3, 0.4) is 0 Å². The fourth-order valence-corrected chi connectivity index (χ4v) is 4.67. The van der Waals surface area contributed by atoms with Crippen molar-refractivity contribution in [1.29, 1.82) is 0 Å². The number of piperidine rings is 1. The number of allylic oxidation sites excluding steroid dienone is 3. The summed E-state index contributed by atoms with van der Waals surface area (Å²) >= 11 is 0. The minimum atomic E-state index is -1.19. The van der Waals surface area contributed by atoms with Gasteiger partial charge in [0.05, 0.1) is 34.6 Å². The molecule has 0 bridgehead atoms. The second kappa shape index (κ2) is 11.9. The number of morpholine rings is 1. The van der Waals surface area contributed by atoms with Crippen molar-refractivity contribution in [2.75, 3.05) is 26.2 Å². The predicted molar refractivity (Wildman–Crippen MR) is 123 cm³/mol. The minimum absolute atomic E-state index is 0.00950. The van der Waals surface area contributed by atoms with Crippen LogP contribution in [0.25, 0.3) is 0 Å². The lowest BCUT2D eigenvalue weighted by atomic mass is 10.1. The fraction of sp³-hybridized carbons (Fsp3) is 0.682. The molecule has 7 nitrogen and oxygen atoms in total. The van der Waals surface area contributed by atoms with Gasteiger partial charge in [0.1, 0.15) is 0 Å². The van der Waals surface area contributed by atoms with Gasteiger partial charge in [0, 0.05) is 37.5 Å². The molecule has 0 saturated carbocycles. The number of carbonyl (C=O) groups is 1. The monoisotopic (exact) mass is 474 g/mol. The number of rotatable bonds is 7. The maximum Gasteiger partial charge on any atom is 0.321 e. The third-order valence-electron chi connectivity index (χ3n) is 5.47. The molecule has 0 aromatic carbocycles. The number of amides is 2. The van der Waals surface area contributed by atoms with Gasteiger partial charge in [-0.05, 0) is 47.5 Å². The highest BCUT2D eigenvalue weighted by molar-refractivity contribution is 7.83. The van der Waals surface area contributed by atoms with Gasteiger partial charge in [-0.2, -0.15) is 0 Å². The summed E-state index contributed by atoms with van der Waals surface area (Å²) in [5, 5.41) is 2.38. The lowest BCUT2D eigenvalue weighted by molar-refractivity contribution is -0.0578. The molecule has 0 radical (unpaired) electrons. The number of ether oxygens (including phenoxy) is 1. The van der Waals surface area contributed by atoms with E-state index in [9.17, 15) is 17.8 Å². The molecule has 2 aliphatic rings. The molecule has 2 aliphatic heterocycles. The van der Waals surface area contributed by atoms with Gasteiger partial charge in [-0.15, -0.1) is 0 Å². The highest BCUT2D eigenvalue weighted by Crippen LogP contribution is 2.27. The highest BCUT2D eigenvalue weighted by Gasteiger charge is 2.29.